The van der Waals surface area contributed by atoms with Gasteiger partial charge in [-0.25, -0.2) is 0 Å². The molecule has 4 rings (SSSR count). The largest absolute Gasteiger partial charge is 0.382 e. The summed E-state index contributed by atoms with van der Waals surface area (Å²) in [6.07, 6.45) is 6.76. The number of hydrogen-bond acceptors (Lipinski definition) is 4. The molecule has 3 aromatic rings. The van der Waals surface area contributed by atoms with Gasteiger partial charge in [-0.3, -0.25) is 10.00 Å². The van der Waals surface area contributed by atoms with E-state index < -0.39 is 0 Å². The van der Waals surface area contributed by atoms with Crippen molar-refractivity contribution in [1.29, 1.82) is 0 Å². The van der Waals surface area contributed by atoms with E-state index in [1.54, 1.807) is 31.0 Å². The van der Waals surface area contributed by atoms with Gasteiger partial charge in [0.15, 0.2) is 0 Å². The van der Waals surface area contributed by atoms with Crippen molar-refractivity contribution in [2.24, 2.45) is 0 Å². The number of fused-ring (bicyclic) bond motifs is 1. The second kappa shape index (κ2) is 9.34. The number of hydrogen-bond donors (Lipinski definition) is 1. The molecule has 0 saturated carbocycles. The molecule has 2 atom stereocenters. The molecule has 164 valence electrons. The van der Waals surface area contributed by atoms with Gasteiger partial charge in [-0.15, -0.1) is 11.8 Å². The molecule has 0 saturated heterocycles. The molecular formula is C23H24Cl3N3OS. The lowest BCUT2D eigenvalue weighted by atomic mass is 9.82. The molecule has 0 spiro atoms. The van der Waals surface area contributed by atoms with Crippen molar-refractivity contribution in [3.8, 4) is 0 Å². The highest BCUT2D eigenvalue weighted by molar-refractivity contribution is 7.99. The monoisotopic (exact) mass is 495 g/mol. The summed E-state index contributed by atoms with van der Waals surface area (Å²) in [5.41, 5.74) is 5.70. The van der Waals surface area contributed by atoms with Crippen LogP contribution in [0.4, 0.5) is 0 Å². The number of rotatable bonds is 6. The molecule has 31 heavy (non-hydrogen) atoms. The highest BCUT2D eigenvalue weighted by Crippen LogP contribution is 2.51. The lowest BCUT2D eigenvalue weighted by Gasteiger charge is -2.51. The van der Waals surface area contributed by atoms with Gasteiger partial charge >= 0.3 is 0 Å². The fraction of sp³-hybridized carbons (Fsp3) is 0.348. The van der Waals surface area contributed by atoms with Crippen LogP contribution in [0.15, 0.2) is 42.7 Å². The van der Waals surface area contributed by atoms with E-state index in [1.807, 2.05) is 12.4 Å². The first-order chi connectivity index (χ1) is 14.9. The lowest BCUT2D eigenvalue weighted by Crippen LogP contribution is -2.55. The third kappa shape index (κ3) is 4.24. The quantitative estimate of drug-likeness (QED) is 0.421. The van der Waals surface area contributed by atoms with Crippen LogP contribution < -0.4 is 0 Å². The Labute approximate surface area is 202 Å². The fourth-order valence-corrected chi connectivity index (χ4v) is 6.49. The number of aryl methyl sites for hydroxylation is 1. The van der Waals surface area contributed by atoms with Crippen LogP contribution in [0.3, 0.4) is 0 Å². The summed E-state index contributed by atoms with van der Waals surface area (Å²) < 4.78 is 5.77. The van der Waals surface area contributed by atoms with Gasteiger partial charge in [0.05, 0.1) is 23.7 Å². The molecule has 1 aliphatic rings. The van der Waals surface area contributed by atoms with Gasteiger partial charge in [0.1, 0.15) is 0 Å². The van der Waals surface area contributed by atoms with Crippen LogP contribution in [0, 0.1) is 6.92 Å². The SMILES string of the molecule is COCC1(SC)Cc2c(C)cccc2C(c2c(Cl)cc(Cl)cc2Cl)N1Cc1cn[nH]c1. The highest BCUT2D eigenvalue weighted by atomic mass is 35.5. The Hall–Kier alpha value is -1.21. The molecule has 1 aromatic heterocycles. The fourth-order valence-electron chi connectivity index (χ4n) is 4.53. The zero-order chi connectivity index (χ0) is 22.2. The third-order valence-corrected chi connectivity index (χ3v) is 8.10. The summed E-state index contributed by atoms with van der Waals surface area (Å²) in [7, 11) is 1.75. The van der Waals surface area contributed by atoms with E-state index in [1.165, 1.54) is 16.7 Å². The van der Waals surface area contributed by atoms with Gasteiger partial charge in [0, 0.05) is 52.5 Å². The van der Waals surface area contributed by atoms with E-state index >= 15 is 0 Å². The van der Waals surface area contributed by atoms with Crippen LogP contribution in [-0.4, -0.2) is 39.9 Å². The maximum absolute atomic E-state index is 6.78. The summed E-state index contributed by atoms with van der Waals surface area (Å²) in [5.74, 6) is 0. The Balaban J connectivity index is 2.00. The van der Waals surface area contributed by atoms with E-state index in [0.29, 0.717) is 28.2 Å². The minimum Gasteiger partial charge on any atom is -0.382 e. The number of aromatic nitrogens is 2. The number of aromatic amines is 1. The molecule has 8 heteroatoms. The van der Waals surface area contributed by atoms with Crippen LogP contribution in [0.2, 0.25) is 15.1 Å². The standard InChI is InChI=1S/C23H24Cl3N3OS/c1-14-5-4-6-17-18(14)9-23(31-3,13-30-2)29(12-15-10-27-28-11-15)22(17)21-19(25)7-16(24)8-20(21)26/h4-8,10-11,22H,9,12-13H2,1-3H3,(H,27,28). The van der Waals surface area contributed by atoms with Crippen LogP contribution in [0.1, 0.15) is 33.9 Å². The van der Waals surface area contributed by atoms with Gasteiger partial charge in [-0.05, 0) is 42.0 Å². The Morgan fingerprint density at radius 1 is 1.26 bits per heavy atom. The van der Waals surface area contributed by atoms with E-state index in [4.69, 9.17) is 39.5 Å². The maximum atomic E-state index is 6.78. The molecule has 4 nitrogen and oxygen atoms in total. The number of H-pyrrole nitrogens is 1. The zero-order valence-corrected chi connectivity index (χ0v) is 20.7. The van der Waals surface area contributed by atoms with Crippen molar-refractivity contribution in [2.45, 2.75) is 30.8 Å². The van der Waals surface area contributed by atoms with Crippen molar-refractivity contribution >= 4 is 46.6 Å². The van der Waals surface area contributed by atoms with Crippen molar-refractivity contribution in [1.82, 2.24) is 15.1 Å². The van der Waals surface area contributed by atoms with E-state index in [9.17, 15) is 0 Å². The number of halogens is 3. The van der Waals surface area contributed by atoms with Crippen molar-refractivity contribution in [3.63, 3.8) is 0 Å². The van der Waals surface area contributed by atoms with Crippen LogP contribution >= 0.6 is 46.6 Å². The van der Waals surface area contributed by atoms with Gasteiger partial charge in [-0.1, -0.05) is 53.0 Å². The maximum Gasteiger partial charge on any atom is 0.0954 e. The molecular weight excluding hydrogens is 473 g/mol. The molecule has 1 aliphatic heterocycles. The molecule has 0 amide bonds. The van der Waals surface area contributed by atoms with Gasteiger partial charge in [0.25, 0.3) is 0 Å². The molecule has 0 bridgehead atoms. The van der Waals surface area contributed by atoms with Crippen molar-refractivity contribution < 1.29 is 4.74 Å². The molecule has 0 fully saturated rings. The first-order valence-electron chi connectivity index (χ1n) is 9.91. The minimum atomic E-state index is -0.317. The summed E-state index contributed by atoms with van der Waals surface area (Å²) in [4.78, 5) is 2.12. The predicted molar refractivity (Wildman–Crippen MR) is 130 cm³/mol. The molecule has 2 aromatic carbocycles. The van der Waals surface area contributed by atoms with E-state index in [-0.39, 0.29) is 10.9 Å². The highest BCUT2D eigenvalue weighted by Gasteiger charge is 2.47. The molecule has 2 unspecified atom stereocenters. The topological polar surface area (TPSA) is 41.1 Å². The molecule has 1 N–H and O–H groups in total. The number of ether oxygens (including phenoxy) is 1. The molecule has 0 radical (unpaired) electrons. The predicted octanol–water partition coefficient (Wildman–Crippen LogP) is 6.53. The Morgan fingerprint density at radius 3 is 2.61 bits per heavy atom. The van der Waals surface area contributed by atoms with Gasteiger partial charge in [0.2, 0.25) is 0 Å². The van der Waals surface area contributed by atoms with Gasteiger partial charge in [-0.2, -0.15) is 5.10 Å². The van der Waals surface area contributed by atoms with E-state index in [0.717, 1.165) is 17.5 Å². The first-order valence-corrected chi connectivity index (χ1v) is 12.3. The molecule has 2 heterocycles. The number of thioether (sulfide) groups is 1. The van der Waals surface area contributed by atoms with Gasteiger partial charge < -0.3 is 4.74 Å². The Morgan fingerprint density at radius 2 is 2.00 bits per heavy atom. The molecule has 0 aliphatic carbocycles. The second-order valence-electron chi connectivity index (χ2n) is 7.82. The summed E-state index contributed by atoms with van der Waals surface area (Å²) in [5, 5.41) is 8.71. The number of nitrogens with one attached hydrogen (secondary N) is 1. The minimum absolute atomic E-state index is 0.168. The van der Waals surface area contributed by atoms with Crippen LogP contribution in [0.25, 0.3) is 0 Å². The summed E-state index contributed by atoms with van der Waals surface area (Å²) >= 11 is 21.6. The average Bonchev–Trinajstić information content (AvgIpc) is 3.23. The normalized spacial score (nSPS) is 21.3. The Kier molecular flexibility index (Phi) is 6.92. The third-order valence-electron chi connectivity index (χ3n) is 6.00. The summed E-state index contributed by atoms with van der Waals surface area (Å²) in [6, 6.07) is 9.79. The van der Waals surface area contributed by atoms with E-state index in [2.05, 4.69) is 46.5 Å². The van der Waals surface area contributed by atoms with Crippen molar-refractivity contribution in [2.75, 3.05) is 20.0 Å². The first kappa shape index (κ1) is 23.0. The number of nitrogens with zero attached hydrogens (tertiary/aromatic N) is 2. The zero-order valence-electron chi connectivity index (χ0n) is 17.6. The second-order valence-corrected chi connectivity index (χ2v) is 10.2. The number of benzene rings is 2. The Bertz CT molecular complexity index is 1050. The number of methoxy groups -OCH3 is 1. The average molecular weight is 497 g/mol. The van der Waals surface area contributed by atoms with Crippen LogP contribution in [0.5, 0.6) is 0 Å². The van der Waals surface area contributed by atoms with Crippen molar-refractivity contribution in [3.05, 3.63) is 85.6 Å². The summed E-state index contributed by atoms with van der Waals surface area (Å²) in [6.45, 7) is 3.37. The lowest BCUT2D eigenvalue weighted by molar-refractivity contribution is 0.0345. The van der Waals surface area contributed by atoms with Crippen LogP contribution in [-0.2, 0) is 17.7 Å². The smallest absolute Gasteiger partial charge is 0.0954 e.